The zero-order valence-corrected chi connectivity index (χ0v) is 26.5. The van der Waals surface area contributed by atoms with E-state index in [-0.39, 0.29) is 23.3 Å². The molecule has 5 heteroatoms. The van der Waals surface area contributed by atoms with E-state index in [0.717, 1.165) is 56.8 Å². The van der Waals surface area contributed by atoms with E-state index in [1.165, 1.54) is 64.6 Å². The third kappa shape index (κ3) is 3.97. The molecular weight excluding hydrogens is 568 g/mol. The molecule has 46 heavy (non-hydrogen) atoms. The van der Waals surface area contributed by atoms with Gasteiger partial charge in [0, 0.05) is 42.9 Å². The van der Waals surface area contributed by atoms with Crippen molar-refractivity contribution in [1.82, 2.24) is 9.88 Å². The first kappa shape index (κ1) is 27.4. The van der Waals surface area contributed by atoms with Gasteiger partial charge in [0.15, 0.2) is 17.6 Å². The predicted molar refractivity (Wildman–Crippen MR) is 178 cm³/mol. The maximum atomic E-state index is 11.2. The Balaban J connectivity index is 1.12. The van der Waals surface area contributed by atoms with E-state index in [1.807, 2.05) is 6.07 Å². The maximum Gasteiger partial charge on any atom is 0.166 e. The average Bonchev–Trinajstić information content (AvgIpc) is 4.03. The molecule has 10 rings (SSSR count). The molecule has 2 aliphatic heterocycles. The zero-order chi connectivity index (χ0) is 30.5. The molecule has 4 aliphatic carbocycles. The number of phenolic OH excluding ortho intramolecular Hbond substituents is 1. The number of nitrogens with zero attached hydrogens (tertiary/aromatic N) is 2. The minimum Gasteiger partial charge on any atom is -0.504 e. The van der Waals surface area contributed by atoms with Gasteiger partial charge in [-0.3, -0.25) is 9.88 Å². The largest absolute Gasteiger partial charge is 0.504 e. The number of piperidine rings is 1. The molecule has 0 amide bonds. The van der Waals surface area contributed by atoms with Crippen LogP contribution < -0.4 is 4.74 Å². The molecule has 2 bridgehead atoms. The summed E-state index contributed by atoms with van der Waals surface area (Å²) in [5.41, 5.74) is 9.30. The van der Waals surface area contributed by atoms with Gasteiger partial charge in [0.25, 0.3) is 0 Å². The summed E-state index contributed by atoms with van der Waals surface area (Å²) in [6.45, 7) is 2.89. The number of aryl methyl sites for hydroxylation is 1. The molecule has 5 nitrogen and oxygen atoms in total. The lowest BCUT2D eigenvalue weighted by molar-refractivity contribution is -0.205. The van der Waals surface area contributed by atoms with Crippen LogP contribution >= 0.6 is 0 Å². The van der Waals surface area contributed by atoms with E-state index in [2.05, 4.69) is 77.8 Å². The molecule has 4 atom stereocenters. The summed E-state index contributed by atoms with van der Waals surface area (Å²) in [7, 11) is 0. The first-order valence-corrected chi connectivity index (χ1v) is 17.7. The number of aromatic nitrogens is 1. The van der Waals surface area contributed by atoms with Crippen LogP contribution in [-0.4, -0.2) is 46.3 Å². The van der Waals surface area contributed by atoms with Crippen LogP contribution in [0.3, 0.4) is 0 Å². The van der Waals surface area contributed by atoms with Crippen LogP contribution in [0, 0.1) is 5.92 Å². The minimum absolute atomic E-state index is 0.246. The molecule has 4 aromatic rings. The maximum absolute atomic E-state index is 11.2. The van der Waals surface area contributed by atoms with Gasteiger partial charge in [0.2, 0.25) is 0 Å². The fourth-order valence-corrected chi connectivity index (χ4v) is 9.92. The first-order valence-electron chi connectivity index (χ1n) is 17.7. The number of ether oxygens (including phenoxy) is 2. The van der Waals surface area contributed by atoms with E-state index in [0.29, 0.717) is 18.3 Å². The van der Waals surface area contributed by atoms with E-state index in [1.54, 1.807) is 0 Å². The predicted octanol–water partition coefficient (Wildman–Crippen LogP) is 7.69. The van der Waals surface area contributed by atoms with Crippen LogP contribution in [0.5, 0.6) is 11.5 Å². The normalized spacial score (nSPS) is 28.8. The highest BCUT2D eigenvalue weighted by atomic mass is 16.5. The highest BCUT2D eigenvalue weighted by Crippen LogP contribution is 2.69. The summed E-state index contributed by atoms with van der Waals surface area (Å²) in [4.78, 5) is 8.06. The molecular formula is C41H42N2O3. The van der Waals surface area contributed by atoms with Crippen molar-refractivity contribution in [2.75, 3.05) is 19.7 Å². The molecule has 3 heterocycles. The molecule has 3 fully saturated rings. The van der Waals surface area contributed by atoms with Gasteiger partial charge in [0.1, 0.15) is 5.60 Å². The molecule has 0 radical (unpaired) electrons. The fourth-order valence-electron chi connectivity index (χ4n) is 9.92. The third-order valence-electron chi connectivity index (χ3n) is 12.3. The topological polar surface area (TPSA) is 54.8 Å². The number of benzene rings is 3. The average molecular weight is 611 g/mol. The van der Waals surface area contributed by atoms with Crippen LogP contribution in [0.1, 0.15) is 84.1 Å². The second-order valence-electron chi connectivity index (χ2n) is 15.0. The van der Waals surface area contributed by atoms with Gasteiger partial charge < -0.3 is 14.6 Å². The van der Waals surface area contributed by atoms with Gasteiger partial charge in [0.05, 0.1) is 11.1 Å². The van der Waals surface area contributed by atoms with Crippen molar-refractivity contribution < 1.29 is 14.6 Å². The van der Waals surface area contributed by atoms with E-state index in [4.69, 9.17) is 14.5 Å². The lowest BCUT2D eigenvalue weighted by Crippen LogP contribution is -2.75. The Morgan fingerprint density at radius 3 is 2.65 bits per heavy atom. The van der Waals surface area contributed by atoms with Crippen LogP contribution in [0.25, 0.3) is 11.1 Å². The molecule has 1 spiro atoms. The SMILES string of the molecule is Oc1ccc2c3c1O[C@H]1c4ncc(-c5ccccc5C5CC5)cc4C[C@@]4(OCCCc5ccccc5)[C@@H](C2)N(CC2CC2)CC[C@]314. The summed E-state index contributed by atoms with van der Waals surface area (Å²) in [6, 6.07) is 26.4. The van der Waals surface area contributed by atoms with Gasteiger partial charge in [-0.05, 0) is 110 Å². The number of rotatable bonds is 9. The van der Waals surface area contributed by atoms with Gasteiger partial charge in [-0.25, -0.2) is 0 Å². The summed E-state index contributed by atoms with van der Waals surface area (Å²) in [5.74, 6) is 2.39. The lowest BCUT2D eigenvalue weighted by Gasteiger charge is -2.64. The van der Waals surface area contributed by atoms with Crippen molar-refractivity contribution in [3.63, 3.8) is 0 Å². The Morgan fingerprint density at radius 1 is 0.957 bits per heavy atom. The molecule has 3 aromatic carbocycles. The van der Waals surface area contributed by atoms with Crippen LogP contribution in [0.15, 0.2) is 79.0 Å². The van der Waals surface area contributed by atoms with E-state index >= 15 is 0 Å². The second-order valence-corrected chi connectivity index (χ2v) is 15.0. The number of phenols is 1. The summed E-state index contributed by atoms with van der Waals surface area (Å²) in [5, 5.41) is 11.2. The van der Waals surface area contributed by atoms with Gasteiger partial charge in [-0.1, -0.05) is 60.7 Å². The fraction of sp³-hybridized carbons (Fsp3) is 0.439. The Hall–Kier alpha value is -3.67. The molecule has 1 N–H and O–H groups in total. The van der Waals surface area contributed by atoms with Crippen molar-refractivity contribution >= 4 is 0 Å². The molecule has 6 aliphatic rings. The van der Waals surface area contributed by atoms with Crippen LogP contribution in [0.2, 0.25) is 0 Å². The standard InChI is InChI=1S/C41H42N2O3/c44-34-17-16-29-22-35-41(45-20-6-9-26-7-2-1-3-8-26)23-30-21-31(33-11-5-4-10-32(33)28-14-15-28)24-42-37(30)39-40(41,36(29)38(34)46-39)18-19-43(35)25-27-12-13-27/h1-5,7-8,10-11,16-17,21,24,27-28,35,39,44H,6,9,12-15,18-20,22-23,25H2/t35-,39+,40+,41-/m1/s1. The van der Waals surface area contributed by atoms with E-state index in [9.17, 15) is 5.11 Å². The quantitative estimate of drug-likeness (QED) is 0.197. The van der Waals surface area contributed by atoms with Crippen molar-refractivity contribution in [1.29, 1.82) is 0 Å². The van der Waals surface area contributed by atoms with Crippen molar-refractivity contribution in [2.24, 2.45) is 5.92 Å². The number of pyridine rings is 1. The Bertz CT molecular complexity index is 1830. The monoisotopic (exact) mass is 610 g/mol. The van der Waals surface area contributed by atoms with Crippen molar-refractivity contribution in [2.45, 2.75) is 86.9 Å². The Kier molecular flexibility index (Phi) is 6.06. The molecule has 1 aromatic heterocycles. The van der Waals surface area contributed by atoms with Crippen molar-refractivity contribution in [3.8, 4) is 22.6 Å². The molecule has 234 valence electrons. The lowest BCUT2D eigenvalue weighted by atomic mass is 9.48. The van der Waals surface area contributed by atoms with Crippen LogP contribution in [-0.2, 0) is 29.4 Å². The van der Waals surface area contributed by atoms with Gasteiger partial charge >= 0.3 is 0 Å². The number of hydrogen-bond donors (Lipinski definition) is 1. The second kappa shape index (κ2) is 10.2. The highest BCUT2D eigenvalue weighted by Gasteiger charge is 2.74. The van der Waals surface area contributed by atoms with Crippen molar-refractivity contribution in [3.05, 3.63) is 113 Å². The zero-order valence-electron chi connectivity index (χ0n) is 26.5. The number of aromatic hydroxyl groups is 1. The molecule has 1 saturated heterocycles. The third-order valence-corrected chi connectivity index (χ3v) is 12.3. The van der Waals surface area contributed by atoms with Gasteiger partial charge in [-0.2, -0.15) is 0 Å². The van der Waals surface area contributed by atoms with Crippen LogP contribution in [0.4, 0.5) is 0 Å². The summed E-state index contributed by atoms with van der Waals surface area (Å²) in [6.07, 6.45) is 11.7. The highest BCUT2D eigenvalue weighted by molar-refractivity contribution is 5.70. The summed E-state index contributed by atoms with van der Waals surface area (Å²) >= 11 is 0. The number of likely N-dealkylation sites (tertiary alicyclic amines) is 1. The smallest absolute Gasteiger partial charge is 0.166 e. The number of hydrogen-bond acceptors (Lipinski definition) is 5. The minimum atomic E-state index is -0.461. The molecule has 2 saturated carbocycles. The Morgan fingerprint density at radius 2 is 1.80 bits per heavy atom. The molecule has 0 unspecified atom stereocenters. The van der Waals surface area contributed by atoms with Gasteiger partial charge in [-0.15, -0.1) is 0 Å². The Labute approximate surface area is 271 Å². The first-order chi connectivity index (χ1) is 22.6. The van der Waals surface area contributed by atoms with E-state index < -0.39 is 5.60 Å². The number of fused-ring (bicyclic) bond motifs is 2. The summed E-state index contributed by atoms with van der Waals surface area (Å²) < 4.78 is 14.5.